The summed E-state index contributed by atoms with van der Waals surface area (Å²) in [5.74, 6) is -2.44. The number of fused-ring (bicyclic) bond motifs is 3. The van der Waals surface area contributed by atoms with Crippen molar-refractivity contribution in [2.45, 2.75) is 77.7 Å². The topological polar surface area (TPSA) is 185 Å². The van der Waals surface area contributed by atoms with Gasteiger partial charge in [-0.3, -0.25) is 10.2 Å². The van der Waals surface area contributed by atoms with Crippen molar-refractivity contribution in [3.63, 3.8) is 0 Å². The maximum Gasteiger partial charge on any atom is 0.407 e. The highest BCUT2D eigenvalue weighted by atomic mass is 35.5. The van der Waals surface area contributed by atoms with Gasteiger partial charge in [-0.1, -0.05) is 92.2 Å². The van der Waals surface area contributed by atoms with Crippen molar-refractivity contribution in [1.29, 1.82) is 0 Å². The average molecular weight is 780 g/mol. The molecule has 0 saturated carbocycles. The molecule has 55 heavy (non-hydrogen) atoms. The first kappa shape index (κ1) is 42.4. The van der Waals surface area contributed by atoms with E-state index in [1.165, 1.54) is 0 Å². The highest BCUT2D eigenvalue weighted by molar-refractivity contribution is 6.31. The Bertz CT molecular complexity index is 1770. The van der Waals surface area contributed by atoms with E-state index in [0.717, 1.165) is 27.3 Å². The molecule has 0 radical (unpaired) electrons. The Balaban J connectivity index is 1.43. The van der Waals surface area contributed by atoms with E-state index in [1.54, 1.807) is 45.0 Å². The van der Waals surface area contributed by atoms with Crippen LogP contribution in [0.2, 0.25) is 5.02 Å². The number of nitrogens with zero attached hydrogens (tertiary/aromatic N) is 1. The molecule has 3 aromatic rings. The van der Waals surface area contributed by atoms with Crippen LogP contribution in [0.25, 0.3) is 11.1 Å². The third kappa shape index (κ3) is 12.9. The number of hydrogen-bond donors (Lipinski definition) is 5. The number of benzene rings is 3. The van der Waals surface area contributed by atoms with Crippen LogP contribution < -0.4 is 21.4 Å². The fourth-order valence-electron chi connectivity index (χ4n) is 5.85. The van der Waals surface area contributed by atoms with E-state index in [1.807, 2.05) is 62.4 Å². The number of alkyl carbamates (subject to hydrolysis) is 2. The first-order chi connectivity index (χ1) is 26.1. The molecule has 1 aliphatic carbocycles. The fourth-order valence-corrected chi connectivity index (χ4v) is 6.04. The van der Waals surface area contributed by atoms with Crippen molar-refractivity contribution < 1.29 is 43.3 Å². The molecule has 2 atom stereocenters. The number of halogens is 1. The zero-order chi connectivity index (χ0) is 40.1. The van der Waals surface area contributed by atoms with Crippen molar-refractivity contribution in [2.75, 3.05) is 26.3 Å². The van der Waals surface area contributed by atoms with Gasteiger partial charge in [0.05, 0.1) is 12.2 Å². The van der Waals surface area contributed by atoms with E-state index < -0.39 is 47.8 Å². The van der Waals surface area contributed by atoms with Crippen LogP contribution in [-0.2, 0) is 30.4 Å². The number of aliphatic carboxylic acids is 1. The van der Waals surface area contributed by atoms with Crippen LogP contribution in [0.3, 0.4) is 0 Å². The van der Waals surface area contributed by atoms with Crippen LogP contribution in [0, 0.1) is 5.92 Å². The Morgan fingerprint density at radius 1 is 0.836 bits per heavy atom. The molecule has 14 nitrogen and oxygen atoms in total. The molecule has 5 N–H and O–H groups in total. The molecule has 0 aromatic heterocycles. The Hall–Kier alpha value is -5.34. The number of carbonyl (C=O) groups is 5. The highest BCUT2D eigenvalue weighted by Gasteiger charge is 2.32. The molecule has 0 aliphatic heterocycles. The molecule has 0 bridgehead atoms. The van der Waals surface area contributed by atoms with Crippen LogP contribution in [0.1, 0.15) is 70.1 Å². The standard InChI is InChI=1S/C40H50ClN5O9/c1-25(2)21-46(37(50)43-34(36(48)49)24-55-40(3,4)5)45-35(47)33(19-12-20-42-38(51)53-22-26-13-6-11-18-32(26)41)44-39(52)54-23-31-29-16-9-7-14-27(29)28-15-8-10-17-30(28)31/h6-11,13-18,25,31,33-34H,12,19-24H2,1-5H3,(H,42,51)(H,43,50)(H,44,52)(H,45,47)(H,48,49). The molecule has 4 rings (SSSR count). The number of urea groups is 1. The second-order valence-electron chi connectivity index (χ2n) is 14.5. The van der Waals surface area contributed by atoms with Gasteiger partial charge in [-0.05, 0) is 67.9 Å². The number of nitrogens with one attached hydrogen (secondary N) is 4. The number of carbonyl (C=O) groups excluding carboxylic acids is 4. The van der Waals surface area contributed by atoms with Gasteiger partial charge in [-0.25, -0.2) is 24.2 Å². The first-order valence-electron chi connectivity index (χ1n) is 18.1. The summed E-state index contributed by atoms with van der Waals surface area (Å²) in [4.78, 5) is 64.8. The number of hydrazine groups is 1. The predicted molar refractivity (Wildman–Crippen MR) is 206 cm³/mol. The minimum absolute atomic E-state index is 0.00210. The van der Waals surface area contributed by atoms with Crippen molar-refractivity contribution >= 4 is 41.7 Å². The minimum atomic E-state index is -1.41. The van der Waals surface area contributed by atoms with E-state index in [2.05, 4.69) is 21.4 Å². The van der Waals surface area contributed by atoms with Crippen LogP contribution >= 0.6 is 11.6 Å². The molecule has 3 aromatic carbocycles. The lowest BCUT2D eigenvalue weighted by atomic mass is 9.98. The predicted octanol–water partition coefficient (Wildman–Crippen LogP) is 6.22. The summed E-state index contributed by atoms with van der Waals surface area (Å²) >= 11 is 6.14. The van der Waals surface area contributed by atoms with Gasteiger partial charge in [0.15, 0.2) is 6.04 Å². The van der Waals surface area contributed by atoms with E-state index >= 15 is 0 Å². The number of amides is 5. The SMILES string of the molecule is CC(C)CN(NC(=O)C(CCCNC(=O)OCc1ccccc1Cl)NC(=O)OCC1c2ccccc2-c2ccccc21)C(=O)NC(COC(C)(C)C)C(=O)O. The Morgan fingerprint density at radius 2 is 1.45 bits per heavy atom. The summed E-state index contributed by atoms with van der Waals surface area (Å²) in [6.45, 7) is 8.63. The third-order valence-electron chi connectivity index (χ3n) is 8.52. The molecule has 0 saturated heterocycles. The van der Waals surface area contributed by atoms with Gasteiger partial charge in [-0.2, -0.15) is 0 Å². The first-order valence-corrected chi connectivity index (χ1v) is 18.5. The lowest BCUT2D eigenvalue weighted by molar-refractivity contribution is -0.142. The number of carboxylic acids is 1. The number of ether oxygens (including phenoxy) is 3. The van der Waals surface area contributed by atoms with Gasteiger partial charge >= 0.3 is 24.2 Å². The van der Waals surface area contributed by atoms with Gasteiger partial charge in [0, 0.05) is 29.6 Å². The van der Waals surface area contributed by atoms with Gasteiger partial charge < -0.3 is 35.3 Å². The summed E-state index contributed by atoms with van der Waals surface area (Å²) in [6.07, 6.45) is -1.33. The summed E-state index contributed by atoms with van der Waals surface area (Å²) in [5, 5.41) is 18.8. The van der Waals surface area contributed by atoms with Gasteiger partial charge in [-0.15, -0.1) is 0 Å². The highest BCUT2D eigenvalue weighted by Crippen LogP contribution is 2.44. The summed E-state index contributed by atoms with van der Waals surface area (Å²) in [7, 11) is 0. The quantitative estimate of drug-likeness (QED) is 0.0832. The normalized spacial score (nSPS) is 13.1. The lowest BCUT2D eigenvalue weighted by Crippen LogP contribution is -2.59. The maximum absolute atomic E-state index is 13.8. The number of rotatable bonds is 16. The summed E-state index contributed by atoms with van der Waals surface area (Å²) in [6, 6.07) is 19.2. The van der Waals surface area contributed by atoms with Crippen LogP contribution in [0.15, 0.2) is 72.8 Å². The van der Waals surface area contributed by atoms with Gasteiger partial charge in [0.25, 0.3) is 5.91 Å². The molecule has 0 heterocycles. The van der Waals surface area contributed by atoms with Crippen LogP contribution in [0.5, 0.6) is 0 Å². The van der Waals surface area contributed by atoms with Crippen molar-refractivity contribution in [3.8, 4) is 11.1 Å². The number of hydrogen-bond acceptors (Lipinski definition) is 8. The molecule has 2 unspecified atom stereocenters. The molecule has 0 fully saturated rings. The second kappa shape index (κ2) is 19.8. The average Bonchev–Trinajstić information content (AvgIpc) is 3.45. The van der Waals surface area contributed by atoms with Crippen LogP contribution in [-0.4, -0.2) is 84.2 Å². The lowest BCUT2D eigenvalue weighted by Gasteiger charge is -2.29. The molecular weight excluding hydrogens is 730 g/mol. The monoisotopic (exact) mass is 779 g/mol. The van der Waals surface area contributed by atoms with Crippen molar-refractivity contribution in [1.82, 2.24) is 26.4 Å². The summed E-state index contributed by atoms with van der Waals surface area (Å²) in [5.41, 5.74) is 6.65. The van der Waals surface area contributed by atoms with Gasteiger partial charge in [0.1, 0.15) is 19.3 Å². The van der Waals surface area contributed by atoms with E-state index in [9.17, 15) is 29.1 Å². The number of carboxylic acid groups (broad SMARTS) is 1. The molecule has 296 valence electrons. The summed E-state index contributed by atoms with van der Waals surface area (Å²) < 4.78 is 16.5. The maximum atomic E-state index is 13.8. The van der Waals surface area contributed by atoms with E-state index in [0.29, 0.717) is 10.6 Å². The zero-order valence-corrected chi connectivity index (χ0v) is 32.5. The molecule has 15 heteroatoms. The zero-order valence-electron chi connectivity index (χ0n) is 31.7. The van der Waals surface area contributed by atoms with Crippen molar-refractivity contribution in [2.24, 2.45) is 5.92 Å². The Labute approximate surface area is 326 Å². The molecule has 5 amide bonds. The third-order valence-corrected chi connectivity index (χ3v) is 8.89. The van der Waals surface area contributed by atoms with E-state index in [-0.39, 0.29) is 57.6 Å². The smallest absolute Gasteiger partial charge is 0.407 e. The molecule has 0 spiro atoms. The largest absolute Gasteiger partial charge is 0.480 e. The Morgan fingerprint density at radius 3 is 2.05 bits per heavy atom. The fraction of sp³-hybridized carbons (Fsp3) is 0.425. The molecule has 1 aliphatic rings. The Kier molecular flexibility index (Phi) is 15.3. The van der Waals surface area contributed by atoms with E-state index in [4.69, 9.17) is 25.8 Å². The minimum Gasteiger partial charge on any atom is -0.480 e. The van der Waals surface area contributed by atoms with Gasteiger partial charge in [0.2, 0.25) is 0 Å². The second-order valence-corrected chi connectivity index (χ2v) is 14.9. The molecular formula is C40H50ClN5O9. The van der Waals surface area contributed by atoms with Crippen LogP contribution in [0.4, 0.5) is 14.4 Å². The van der Waals surface area contributed by atoms with Crippen molar-refractivity contribution in [3.05, 3.63) is 94.5 Å².